The van der Waals surface area contributed by atoms with E-state index in [2.05, 4.69) is 19.9 Å². The van der Waals surface area contributed by atoms with E-state index in [1.807, 2.05) is 36.0 Å². The van der Waals surface area contributed by atoms with Gasteiger partial charge in [0.25, 0.3) is 0 Å². The molecule has 0 spiro atoms. The Morgan fingerprint density at radius 1 is 1.00 bits per heavy atom. The zero-order valence-electron chi connectivity index (χ0n) is 9.85. The standard InChI is InChI=1S/C13H11N5/c1-10-16-8-12(11-6-14-9-15-7-11)13(17-10)18-4-2-3-5-18/h2-9H,1H3. The van der Waals surface area contributed by atoms with Gasteiger partial charge in [0.1, 0.15) is 18.0 Å². The van der Waals surface area contributed by atoms with Crippen molar-refractivity contribution in [2.75, 3.05) is 0 Å². The normalized spacial score (nSPS) is 10.5. The molecule has 5 heteroatoms. The first-order chi connectivity index (χ1) is 8.84. The van der Waals surface area contributed by atoms with Gasteiger partial charge in [-0.25, -0.2) is 19.9 Å². The summed E-state index contributed by atoms with van der Waals surface area (Å²) in [4.78, 5) is 16.8. The molecule has 0 unspecified atom stereocenters. The van der Waals surface area contributed by atoms with Crippen molar-refractivity contribution in [3.8, 4) is 16.9 Å². The summed E-state index contributed by atoms with van der Waals surface area (Å²) in [5, 5.41) is 0. The number of hydrogen-bond acceptors (Lipinski definition) is 4. The van der Waals surface area contributed by atoms with E-state index in [4.69, 9.17) is 0 Å². The molecular weight excluding hydrogens is 226 g/mol. The SMILES string of the molecule is Cc1ncc(-c2cncnc2)c(-n2cccc2)n1. The average molecular weight is 237 g/mol. The van der Waals surface area contributed by atoms with Crippen molar-refractivity contribution in [2.45, 2.75) is 6.92 Å². The molecule has 0 saturated carbocycles. The first-order valence-corrected chi connectivity index (χ1v) is 5.57. The molecule has 0 N–H and O–H groups in total. The van der Waals surface area contributed by atoms with Crippen LogP contribution in [0.25, 0.3) is 16.9 Å². The first-order valence-electron chi connectivity index (χ1n) is 5.57. The maximum Gasteiger partial charge on any atom is 0.148 e. The monoisotopic (exact) mass is 237 g/mol. The van der Waals surface area contributed by atoms with Gasteiger partial charge in [-0.15, -0.1) is 0 Å². The van der Waals surface area contributed by atoms with Crippen LogP contribution in [0.2, 0.25) is 0 Å². The van der Waals surface area contributed by atoms with Crippen LogP contribution in [0.3, 0.4) is 0 Å². The Morgan fingerprint density at radius 2 is 1.72 bits per heavy atom. The molecule has 0 atom stereocenters. The van der Waals surface area contributed by atoms with Crippen LogP contribution in [0.1, 0.15) is 5.82 Å². The largest absolute Gasteiger partial charge is 0.308 e. The van der Waals surface area contributed by atoms with E-state index in [1.54, 1.807) is 18.6 Å². The quantitative estimate of drug-likeness (QED) is 0.684. The van der Waals surface area contributed by atoms with E-state index in [0.29, 0.717) is 0 Å². The Kier molecular flexibility index (Phi) is 2.57. The van der Waals surface area contributed by atoms with Gasteiger partial charge in [-0.2, -0.15) is 0 Å². The fourth-order valence-corrected chi connectivity index (χ4v) is 1.77. The van der Waals surface area contributed by atoms with Crippen molar-refractivity contribution in [3.05, 3.63) is 55.3 Å². The van der Waals surface area contributed by atoms with Crippen LogP contribution in [0.15, 0.2) is 49.4 Å². The van der Waals surface area contributed by atoms with Gasteiger partial charge in [0.15, 0.2) is 0 Å². The summed E-state index contributed by atoms with van der Waals surface area (Å²) in [6, 6.07) is 3.92. The average Bonchev–Trinajstić information content (AvgIpc) is 2.93. The second kappa shape index (κ2) is 4.37. The van der Waals surface area contributed by atoms with Crippen molar-refractivity contribution < 1.29 is 0 Å². The molecule has 88 valence electrons. The number of nitrogens with zero attached hydrogens (tertiary/aromatic N) is 5. The second-order valence-corrected chi connectivity index (χ2v) is 3.87. The van der Waals surface area contributed by atoms with E-state index in [1.165, 1.54) is 6.33 Å². The molecule has 18 heavy (non-hydrogen) atoms. The highest BCUT2D eigenvalue weighted by Gasteiger charge is 2.09. The Balaban J connectivity index is 2.21. The zero-order chi connectivity index (χ0) is 12.4. The highest BCUT2D eigenvalue weighted by atomic mass is 15.1. The Morgan fingerprint density at radius 3 is 2.44 bits per heavy atom. The predicted molar refractivity (Wildman–Crippen MR) is 67.1 cm³/mol. The van der Waals surface area contributed by atoms with E-state index < -0.39 is 0 Å². The minimum Gasteiger partial charge on any atom is -0.308 e. The van der Waals surface area contributed by atoms with Crippen LogP contribution < -0.4 is 0 Å². The van der Waals surface area contributed by atoms with Crippen molar-refractivity contribution >= 4 is 0 Å². The topological polar surface area (TPSA) is 56.5 Å². The van der Waals surface area contributed by atoms with Crippen molar-refractivity contribution in [1.82, 2.24) is 24.5 Å². The van der Waals surface area contributed by atoms with Crippen LogP contribution in [-0.4, -0.2) is 24.5 Å². The zero-order valence-corrected chi connectivity index (χ0v) is 9.85. The van der Waals surface area contributed by atoms with Crippen molar-refractivity contribution in [1.29, 1.82) is 0 Å². The Labute approximate surface area is 104 Å². The molecule has 0 bridgehead atoms. The van der Waals surface area contributed by atoms with Gasteiger partial charge in [-0.3, -0.25) is 0 Å². The van der Waals surface area contributed by atoms with Crippen molar-refractivity contribution in [3.63, 3.8) is 0 Å². The predicted octanol–water partition coefficient (Wildman–Crippen LogP) is 2.03. The molecule has 0 radical (unpaired) electrons. The summed E-state index contributed by atoms with van der Waals surface area (Å²) in [5.74, 6) is 1.57. The summed E-state index contributed by atoms with van der Waals surface area (Å²) >= 11 is 0. The smallest absolute Gasteiger partial charge is 0.148 e. The lowest BCUT2D eigenvalue weighted by molar-refractivity contribution is 0.947. The van der Waals surface area contributed by atoms with Crippen LogP contribution in [0.5, 0.6) is 0 Å². The second-order valence-electron chi connectivity index (χ2n) is 3.87. The molecular formula is C13H11N5. The molecule has 0 amide bonds. The van der Waals surface area contributed by atoms with Crippen LogP contribution in [-0.2, 0) is 0 Å². The summed E-state index contributed by atoms with van der Waals surface area (Å²) < 4.78 is 1.96. The minimum atomic E-state index is 0.735. The molecule has 0 aliphatic carbocycles. The van der Waals surface area contributed by atoms with E-state index in [-0.39, 0.29) is 0 Å². The van der Waals surface area contributed by atoms with E-state index >= 15 is 0 Å². The van der Waals surface area contributed by atoms with Crippen molar-refractivity contribution in [2.24, 2.45) is 0 Å². The van der Waals surface area contributed by atoms with Gasteiger partial charge in [-0.1, -0.05) is 0 Å². The molecule has 3 aromatic rings. The molecule has 0 aromatic carbocycles. The van der Waals surface area contributed by atoms with Crippen LogP contribution >= 0.6 is 0 Å². The Hall–Kier alpha value is -2.56. The van der Waals surface area contributed by atoms with Gasteiger partial charge in [0.05, 0.1) is 0 Å². The molecule has 0 aliphatic rings. The molecule has 3 rings (SSSR count). The lowest BCUT2D eigenvalue weighted by Gasteiger charge is -2.09. The summed E-state index contributed by atoms with van der Waals surface area (Å²) in [6.45, 7) is 1.87. The number of aromatic nitrogens is 5. The van der Waals surface area contributed by atoms with Gasteiger partial charge in [0, 0.05) is 42.1 Å². The first kappa shape index (κ1) is 10.6. The molecule has 3 aromatic heterocycles. The third kappa shape index (κ3) is 1.86. The molecule has 0 fully saturated rings. The Bertz CT molecular complexity index is 646. The van der Waals surface area contributed by atoms with Gasteiger partial charge in [-0.05, 0) is 19.1 Å². The number of hydrogen-bond donors (Lipinski definition) is 0. The highest BCUT2D eigenvalue weighted by molar-refractivity contribution is 5.68. The maximum atomic E-state index is 4.49. The van der Waals surface area contributed by atoms with E-state index in [9.17, 15) is 0 Å². The third-order valence-corrected chi connectivity index (χ3v) is 2.61. The molecule has 5 nitrogen and oxygen atoms in total. The fourth-order valence-electron chi connectivity index (χ4n) is 1.77. The summed E-state index contributed by atoms with van der Waals surface area (Å²) in [7, 11) is 0. The third-order valence-electron chi connectivity index (χ3n) is 2.61. The number of rotatable bonds is 2. The maximum absolute atomic E-state index is 4.49. The molecule has 0 saturated heterocycles. The van der Waals surface area contributed by atoms with Crippen LogP contribution in [0, 0.1) is 6.92 Å². The summed E-state index contributed by atoms with van der Waals surface area (Å²) in [5.41, 5.74) is 1.82. The van der Waals surface area contributed by atoms with E-state index in [0.717, 1.165) is 22.8 Å². The number of aryl methyl sites for hydroxylation is 1. The lowest BCUT2D eigenvalue weighted by Crippen LogP contribution is -2.01. The van der Waals surface area contributed by atoms with Crippen LogP contribution in [0.4, 0.5) is 0 Å². The fraction of sp³-hybridized carbons (Fsp3) is 0.0769. The summed E-state index contributed by atoms with van der Waals surface area (Å²) in [6.07, 6.45) is 10.7. The highest BCUT2D eigenvalue weighted by Crippen LogP contribution is 2.23. The van der Waals surface area contributed by atoms with Gasteiger partial charge in [0.2, 0.25) is 0 Å². The van der Waals surface area contributed by atoms with Gasteiger partial charge >= 0.3 is 0 Å². The molecule has 3 heterocycles. The lowest BCUT2D eigenvalue weighted by atomic mass is 10.1. The minimum absolute atomic E-state index is 0.735. The molecule has 0 aliphatic heterocycles. The van der Waals surface area contributed by atoms with Gasteiger partial charge < -0.3 is 4.57 Å².